The van der Waals surface area contributed by atoms with Crippen molar-refractivity contribution in [1.82, 2.24) is 10.2 Å². The van der Waals surface area contributed by atoms with Crippen LogP contribution in [0.25, 0.3) is 0 Å². The Hall–Kier alpha value is -2.07. The van der Waals surface area contributed by atoms with Gasteiger partial charge in [0.15, 0.2) is 9.84 Å². The van der Waals surface area contributed by atoms with Gasteiger partial charge in [-0.1, -0.05) is 11.6 Å². The Morgan fingerprint density at radius 1 is 1.06 bits per heavy atom. The summed E-state index contributed by atoms with van der Waals surface area (Å²) in [7, 11) is -1.88. The maximum atomic E-state index is 13.5. The molecular formula is C25H30Cl2FN3O4S. The summed E-state index contributed by atoms with van der Waals surface area (Å²) in [5.74, 6) is -0.0869. The fourth-order valence-corrected chi connectivity index (χ4v) is 7.67. The lowest BCUT2D eigenvalue weighted by molar-refractivity contribution is 0.0718. The van der Waals surface area contributed by atoms with Gasteiger partial charge < -0.3 is 19.9 Å². The number of hydrogen-bond donors (Lipinski definition) is 1. The molecule has 3 heterocycles. The van der Waals surface area contributed by atoms with Crippen molar-refractivity contribution in [3.05, 3.63) is 52.8 Å². The van der Waals surface area contributed by atoms with Gasteiger partial charge in [0.05, 0.1) is 33.5 Å². The van der Waals surface area contributed by atoms with Crippen molar-refractivity contribution >= 4 is 45.4 Å². The molecule has 0 aromatic heterocycles. The minimum absolute atomic E-state index is 0. The van der Waals surface area contributed by atoms with Gasteiger partial charge in [-0.2, -0.15) is 0 Å². The number of benzene rings is 2. The van der Waals surface area contributed by atoms with E-state index in [1.165, 1.54) is 12.1 Å². The number of piperazine rings is 1. The normalized spacial score (nSPS) is 22.3. The Kier molecular flexibility index (Phi) is 8.04. The minimum atomic E-state index is -3.46. The number of hydrogen-bond acceptors (Lipinski definition) is 6. The van der Waals surface area contributed by atoms with Gasteiger partial charge in [-0.15, -0.1) is 12.4 Å². The average molecular weight is 559 g/mol. The number of sulfone groups is 1. The second-order valence-corrected chi connectivity index (χ2v) is 12.1. The Labute approximate surface area is 222 Å². The van der Waals surface area contributed by atoms with Crippen molar-refractivity contribution < 1.29 is 22.3 Å². The number of nitrogens with one attached hydrogen (secondary N) is 1. The molecular weight excluding hydrogens is 528 g/mol. The topological polar surface area (TPSA) is 79.0 Å². The zero-order valence-electron chi connectivity index (χ0n) is 20.0. The van der Waals surface area contributed by atoms with Crippen LogP contribution < -0.4 is 15.0 Å². The fraction of sp³-hybridized carbons (Fsp3) is 0.480. The highest BCUT2D eigenvalue weighted by Gasteiger charge is 2.43. The third-order valence-corrected chi connectivity index (χ3v) is 9.99. The van der Waals surface area contributed by atoms with Crippen LogP contribution in [0.1, 0.15) is 36.0 Å². The molecule has 1 N–H and O–H groups in total. The monoisotopic (exact) mass is 557 g/mol. The molecule has 0 spiro atoms. The summed E-state index contributed by atoms with van der Waals surface area (Å²) in [6.45, 7) is 2.34. The Morgan fingerprint density at radius 2 is 1.72 bits per heavy atom. The van der Waals surface area contributed by atoms with Crippen LogP contribution in [0.4, 0.5) is 10.1 Å². The van der Waals surface area contributed by atoms with E-state index in [4.69, 9.17) is 16.3 Å². The van der Waals surface area contributed by atoms with Crippen LogP contribution in [0, 0.1) is 5.82 Å². The van der Waals surface area contributed by atoms with Crippen molar-refractivity contribution in [3.8, 4) is 5.75 Å². The molecule has 2 unspecified atom stereocenters. The van der Waals surface area contributed by atoms with Gasteiger partial charge in [0.25, 0.3) is 5.91 Å². The number of piperidine rings is 1. The largest absolute Gasteiger partial charge is 0.495 e. The van der Waals surface area contributed by atoms with E-state index in [1.54, 1.807) is 30.2 Å². The predicted molar refractivity (Wildman–Crippen MR) is 140 cm³/mol. The number of likely N-dealkylation sites (tertiary alicyclic amines) is 1. The van der Waals surface area contributed by atoms with Gasteiger partial charge in [0.2, 0.25) is 0 Å². The molecule has 36 heavy (non-hydrogen) atoms. The first-order chi connectivity index (χ1) is 16.8. The van der Waals surface area contributed by atoms with E-state index in [9.17, 15) is 17.6 Å². The van der Waals surface area contributed by atoms with E-state index in [1.807, 2.05) is 0 Å². The lowest BCUT2D eigenvalue weighted by atomic mass is 10.1. The van der Waals surface area contributed by atoms with E-state index in [0.29, 0.717) is 49.7 Å². The number of anilines is 1. The molecule has 2 atom stereocenters. The molecule has 0 aliphatic carbocycles. The van der Waals surface area contributed by atoms with Crippen molar-refractivity contribution in [2.75, 3.05) is 38.2 Å². The van der Waals surface area contributed by atoms with Crippen molar-refractivity contribution in [3.63, 3.8) is 0 Å². The smallest absolute Gasteiger partial charge is 0.255 e. The molecule has 2 aromatic rings. The molecule has 1 amide bonds. The Bertz CT molecular complexity index is 1230. The molecule has 196 valence electrons. The summed E-state index contributed by atoms with van der Waals surface area (Å²) < 4.78 is 45.8. The number of amides is 1. The minimum Gasteiger partial charge on any atom is -0.495 e. The number of rotatable bonds is 5. The van der Waals surface area contributed by atoms with Crippen molar-refractivity contribution in [1.29, 1.82) is 0 Å². The zero-order valence-corrected chi connectivity index (χ0v) is 22.3. The van der Waals surface area contributed by atoms with Crippen LogP contribution in [-0.2, 0) is 9.84 Å². The van der Waals surface area contributed by atoms with E-state index < -0.39 is 20.9 Å². The quantitative estimate of drug-likeness (QED) is 0.600. The van der Waals surface area contributed by atoms with Crippen LogP contribution in [-0.4, -0.2) is 69.8 Å². The van der Waals surface area contributed by atoms with Crippen LogP contribution in [0.2, 0.25) is 5.02 Å². The number of nitrogens with zero attached hydrogens (tertiary/aromatic N) is 2. The third kappa shape index (κ3) is 4.90. The summed E-state index contributed by atoms with van der Waals surface area (Å²) in [6, 6.07) is 8.96. The van der Waals surface area contributed by atoms with E-state index >= 15 is 0 Å². The highest BCUT2D eigenvalue weighted by molar-refractivity contribution is 7.92. The molecule has 3 saturated heterocycles. The second kappa shape index (κ2) is 10.7. The van der Waals surface area contributed by atoms with Crippen molar-refractivity contribution in [2.45, 2.75) is 47.9 Å². The summed E-state index contributed by atoms with van der Waals surface area (Å²) in [6.07, 6.45) is 2.95. The van der Waals surface area contributed by atoms with Gasteiger partial charge in [0.1, 0.15) is 11.6 Å². The van der Waals surface area contributed by atoms with Crippen molar-refractivity contribution in [2.24, 2.45) is 0 Å². The molecule has 3 fully saturated rings. The molecule has 2 bridgehead atoms. The molecule has 5 rings (SSSR count). The summed E-state index contributed by atoms with van der Waals surface area (Å²) >= 11 is 6.15. The Balaban J connectivity index is 0.00000304. The highest BCUT2D eigenvalue weighted by Crippen LogP contribution is 2.42. The molecule has 7 nitrogen and oxygen atoms in total. The maximum Gasteiger partial charge on any atom is 0.255 e. The standard InChI is InChI=1S/C25H29ClFN3O4S.ClH/c1-34-24-7-5-20(35(32,33)19-8-10-28-11-9-19)13-23(24)30-17-3-4-18(30)15-29(14-17)25(31)21-6-2-16(27)12-22(21)26;/h2,5-7,12-13,17-19,28H,3-4,8-11,14-15H2,1H3;1H. The van der Waals surface area contributed by atoms with Crippen LogP contribution in [0.15, 0.2) is 41.3 Å². The second-order valence-electron chi connectivity index (χ2n) is 9.45. The Morgan fingerprint density at radius 3 is 2.33 bits per heavy atom. The average Bonchev–Trinajstić information content (AvgIpc) is 3.12. The lowest BCUT2D eigenvalue weighted by Gasteiger charge is -2.43. The molecule has 0 saturated carbocycles. The highest BCUT2D eigenvalue weighted by atomic mass is 35.5. The van der Waals surface area contributed by atoms with Crippen LogP contribution >= 0.6 is 24.0 Å². The molecule has 3 aliphatic heterocycles. The summed E-state index contributed by atoms with van der Waals surface area (Å²) in [5, 5.41) is 2.93. The molecule has 3 aliphatic rings. The first kappa shape index (κ1) is 27.0. The zero-order chi connectivity index (χ0) is 24.7. The van der Waals surface area contributed by atoms with Gasteiger partial charge in [0, 0.05) is 25.2 Å². The molecule has 2 aromatic carbocycles. The SMILES string of the molecule is COc1ccc(S(=O)(=O)C2CCNCC2)cc1N1C2CCC1CN(C(=O)c1ccc(F)cc1Cl)C2.Cl. The molecule has 0 radical (unpaired) electrons. The van der Waals surface area contributed by atoms with E-state index in [2.05, 4.69) is 10.2 Å². The van der Waals surface area contributed by atoms with Gasteiger partial charge in [-0.25, -0.2) is 12.8 Å². The van der Waals surface area contributed by atoms with Gasteiger partial charge in [-0.05, 0) is 75.2 Å². The molecule has 11 heteroatoms. The number of halogens is 3. The first-order valence-corrected chi connectivity index (χ1v) is 13.9. The van der Waals surface area contributed by atoms with Crippen LogP contribution in [0.5, 0.6) is 5.75 Å². The summed E-state index contributed by atoms with van der Waals surface area (Å²) in [5.41, 5.74) is 1.04. The van der Waals surface area contributed by atoms with Gasteiger partial charge >= 0.3 is 0 Å². The van der Waals surface area contributed by atoms with E-state index in [0.717, 1.165) is 24.6 Å². The fourth-order valence-electron chi connectivity index (χ4n) is 5.64. The third-order valence-electron chi connectivity index (χ3n) is 7.41. The van der Waals surface area contributed by atoms with E-state index in [-0.39, 0.29) is 41.0 Å². The number of carbonyl (C=O) groups excluding carboxylic acids is 1. The number of methoxy groups -OCH3 is 1. The lowest BCUT2D eigenvalue weighted by Crippen LogP contribution is -2.55. The number of ether oxygens (including phenoxy) is 1. The first-order valence-electron chi connectivity index (χ1n) is 11.9. The summed E-state index contributed by atoms with van der Waals surface area (Å²) in [4.78, 5) is 17.5. The maximum absolute atomic E-state index is 13.5. The predicted octanol–water partition coefficient (Wildman–Crippen LogP) is 3.93. The van der Waals surface area contributed by atoms with Gasteiger partial charge in [-0.3, -0.25) is 4.79 Å². The number of carbonyl (C=O) groups is 1. The number of fused-ring (bicyclic) bond motifs is 2. The van der Waals surface area contributed by atoms with Crippen LogP contribution in [0.3, 0.4) is 0 Å².